The molecule has 0 unspecified atom stereocenters. The topological polar surface area (TPSA) is 88.3 Å². The fraction of sp³-hybridized carbons (Fsp3) is 0.300. The second kappa shape index (κ2) is 5.15. The van der Waals surface area contributed by atoms with E-state index in [-0.39, 0.29) is 10.9 Å². The Morgan fingerprint density at radius 3 is 3.06 bits per heavy atom. The number of thioether (sulfide) groups is 1. The number of nitrogens with zero attached hydrogens (tertiary/aromatic N) is 2. The molecule has 0 spiro atoms. The number of carbonyl (C=O) groups excluding carboxylic acids is 2. The number of hydrogen-bond acceptors (Lipinski definition) is 5. The largest absolute Gasteiger partial charge is 0.327 e. The van der Waals surface area contributed by atoms with Crippen LogP contribution >= 0.6 is 11.8 Å². The fourth-order valence-electron chi connectivity index (χ4n) is 1.53. The third-order valence-electron chi connectivity index (χ3n) is 2.37. The summed E-state index contributed by atoms with van der Waals surface area (Å²) in [5.41, 5.74) is 2.96. The lowest BCUT2D eigenvalue weighted by Crippen LogP contribution is -2.31. The molecule has 90 valence electrons. The van der Waals surface area contributed by atoms with E-state index in [0.717, 1.165) is 12.3 Å². The summed E-state index contributed by atoms with van der Waals surface area (Å²) < 4.78 is 0. The van der Waals surface area contributed by atoms with Gasteiger partial charge in [0.05, 0.1) is 12.2 Å². The predicted molar refractivity (Wildman–Crippen MR) is 64.2 cm³/mol. The van der Waals surface area contributed by atoms with Crippen LogP contribution in [0, 0.1) is 0 Å². The van der Waals surface area contributed by atoms with Crippen LogP contribution in [-0.2, 0) is 6.54 Å². The van der Waals surface area contributed by atoms with E-state index in [9.17, 15) is 9.59 Å². The Kier molecular flexibility index (Phi) is 3.60. The maximum atomic E-state index is 11.4. The number of nitrogen functional groups attached to an aromatic ring is 1. The maximum absolute atomic E-state index is 11.4. The van der Waals surface area contributed by atoms with Gasteiger partial charge in [0.2, 0.25) is 0 Å². The first-order valence-corrected chi connectivity index (χ1v) is 6.08. The van der Waals surface area contributed by atoms with Gasteiger partial charge in [-0.05, 0) is 12.1 Å². The average Bonchev–Trinajstić information content (AvgIpc) is 2.74. The molecular weight excluding hydrogens is 240 g/mol. The van der Waals surface area contributed by atoms with Crippen LogP contribution in [0.5, 0.6) is 0 Å². The molecule has 0 saturated carbocycles. The molecule has 0 aliphatic carbocycles. The zero-order chi connectivity index (χ0) is 12.3. The van der Waals surface area contributed by atoms with Crippen LogP contribution in [-0.4, -0.2) is 33.3 Å². The van der Waals surface area contributed by atoms with E-state index in [0.29, 0.717) is 12.2 Å². The smallest absolute Gasteiger partial charge is 0.283 e. The van der Waals surface area contributed by atoms with Gasteiger partial charge in [0.15, 0.2) is 0 Å². The molecule has 3 N–H and O–H groups in total. The minimum absolute atomic E-state index is 0.0560. The van der Waals surface area contributed by atoms with Gasteiger partial charge in [0.25, 0.3) is 11.1 Å². The molecule has 1 fully saturated rings. The van der Waals surface area contributed by atoms with Crippen LogP contribution < -0.4 is 11.3 Å². The lowest BCUT2D eigenvalue weighted by Gasteiger charge is -2.13. The van der Waals surface area contributed by atoms with Crippen molar-refractivity contribution >= 4 is 22.9 Å². The third-order valence-corrected chi connectivity index (χ3v) is 3.26. The van der Waals surface area contributed by atoms with Gasteiger partial charge in [0, 0.05) is 12.3 Å². The van der Waals surface area contributed by atoms with Crippen LogP contribution in [0.3, 0.4) is 0 Å². The first-order valence-electron chi connectivity index (χ1n) is 5.09. The number of nitrogens with one attached hydrogen (secondary N) is 1. The summed E-state index contributed by atoms with van der Waals surface area (Å²) in [4.78, 5) is 28.6. The van der Waals surface area contributed by atoms with E-state index >= 15 is 0 Å². The van der Waals surface area contributed by atoms with Crippen molar-refractivity contribution in [2.24, 2.45) is 5.84 Å². The van der Waals surface area contributed by atoms with Crippen LogP contribution in [0.15, 0.2) is 18.2 Å². The Hall–Kier alpha value is -1.60. The summed E-state index contributed by atoms with van der Waals surface area (Å²) in [6.45, 7) is 1.15. The van der Waals surface area contributed by atoms with Crippen LogP contribution in [0.25, 0.3) is 0 Å². The molecule has 17 heavy (non-hydrogen) atoms. The molecule has 1 aromatic rings. The highest BCUT2D eigenvalue weighted by Gasteiger charge is 2.21. The average molecular weight is 252 g/mol. The van der Waals surface area contributed by atoms with Gasteiger partial charge in [-0.3, -0.25) is 15.0 Å². The first kappa shape index (κ1) is 11.9. The van der Waals surface area contributed by atoms with Gasteiger partial charge in [-0.25, -0.2) is 10.8 Å². The van der Waals surface area contributed by atoms with Gasteiger partial charge in [-0.15, -0.1) is 0 Å². The zero-order valence-corrected chi connectivity index (χ0v) is 9.87. The number of rotatable bonds is 3. The molecule has 7 heteroatoms. The Morgan fingerprint density at radius 1 is 1.59 bits per heavy atom. The van der Waals surface area contributed by atoms with Gasteiger partial charge >= 0.3 is 0 Å². The molecule has 2 heterocycles. The standard InChI is InChI=1S/C10H12N4O2S/c11-13-9(15)8-3-1-2-7(12-8)6-14-4-5-17-10(14)16/h1-3H,4-6,11H2,(H,13,15). The van der Waals surface area contributed by atoms with E-state index < -0.39 is 5.91 Å². The Morgan fingerprint density at radius 2 is 2.41 bits per heavy atom. The third kappa shape index (κ3) is 2.75. The highest BCUT2D eigenvalue weighted by Crippen LogP contribution is 2.19. The summed E-state index contributed by atoms with van der Waals surface area (Å²) in [6, 6.07) is 5.08. The molecule has 1 aliphatic heterocycles. The van der Waals surface area contributed by atoms with Crippen molar-refractivity contribution in [1.82, 2.24) is 15.3 Å². The van der Waals surface area contributed by atoms with Crippen molar-refractivity contribution in [1.29, 1.82) is 0 Å². The molecule has 0 aromatic carbocycles. The van der Waals surface area contributed by atoms with Gasteiger partial charge in [-0.2, -0.15) is 0 Å². The predicted octanol–water partition coefficient (Wildman–Crippen LogP) is 0.354. The quantitative estimate of drug-likeness (QED) is 0.460. The van der Waals surface area contributed by atoms with Crippen molar-refractivity contribution in [2.75, 3.05) is 12.3 Å². The second-order valence-corrected chi connectivity index (χ2v) is 4.57. The number of carbonyl (C=O) groups is 2. The molecule has 2 amide bonds. The molecule has 6 nitrogen and oxygen atoms in total. The normalized spacial score (nSPS) is 15.1. The summed E-state index contributed by atoms with van der Waals surface area (Å²) >= 11 is 1.30. The van der Waals surface area contributed by atoms with Crippen molar-refractivity contribution in [2.45, 2.75) is 6.54 Å². The lowest BCUT2D eigenvalue weighted by molar-refractivity contribution is 0.0948. The molecular formula is C10H12N4O2S. The van der Waals surface area contributed by atoms with Crippen molar-refractivity contribution in [3.8, 4) is 0 Å². The number of amides is 2. The van der Waals surface area contributed by atoms with Crippen molar-refractivity contribution in [3.05, 3.63) is 29.6 Å². The summed E-state index contributed by atoms with van der Waals surface area (Å²) in [6.07, 6.45) is 0. The maximum Gasteiger partial charge on any atom is 0.283 e. The number of hydrogen-bond donors (Lipinski definition) is 2. The number of nitrogens with two attached hydrogens (primary N) is 1. The number of hydrazine groups is 1. The Balaban J connectivity index is 2.11. The van der Waals surface area contributed by atoms with Crippen molar-refractivity contribution in [3.63, 3.8) is 0 Å². The van der Waals surface area contributed by atoms with E-state index in [4.69, 9.17) is 5.84 Å². The van der Waals surface area contributed by atoms with E-state index in [2.05, 4.69) is 4.98 Å². The SMILES string of the molecule is NNC(=O)c1cccc(CN2CCSC2=O)n1. The number of aromatic nitrogens is 1. The van der Waals surface area contributed by atoms with Gasteiger partial charge in [0.1, 0.15) is 5.69 Å². The minimum Gasteiger partial charge on any atom is -0.327 e. The van der Waals surface area contributed by atoms with E-state index in [1.807, 2.05) is 5.43 Å². The molecule has 0 atom stereocenters. The van der Waals surface area contributed by atoms with Gasteiger partial charge in [-0.1, -0.05) is 17.8 Å². The molecule has 1 aromatic heterocycles. The molecule has 0 radical (unpaired) electrons. The highest BCUT2D eigenvalue weighted by molar-refractivity contribution is 8.13. The summed E-state index contributed by atoms with van der Waals surface area (Å²) in [7, 11) is 0. The Labute approximate surface area is 103 Å². The van der Waals surface area contributed by atoms with Crippen LogP contribution in [0.4, 0.5) is 4.79 Å². The van der Waals surface area contributed by atoms with Crippen molar-refractivity contribution < 1.29 is 9.59 Å². The first-order chi connectivity index (χ1) is 8.20. The highest BCUT2D eigenvalue weighted by atomic mass is 32.2. The van der Waals surface area contributed by atoms with E-state index in [1.165, 1.54) is 11.8 Å². The fourth-order valence-corrected chi connectivity index (χ4v) is 2.36. The lowest BCUT2D eigenvalue weighted by atomic mass is 10.3. The minimum atomic E-state index is -0.436. The summed E-state index contributed by atoms with van der Waals surface area (Å²) in [5.74, 6) is 5.40. The number of pyridine rings is 1. The van der Waals surface area contributed by atoms with Crippen LogP contribution in [0.1, 0.15) is 16.2 Å². The molecule has 1 saturated heterocycles. The summed E-state index contributed by atoms with van der Waals surface area (Å²) in [5, 5.41) is 0.0560. The molecule has 2 rings (SSSR count). The molecule has 1 aliphatic rings. The zero-order valence-electron chi connectivity index (χ0n) is 9.05. The van der Waals surface area contributed by atoms with Gasteiger partial charge < -0.3 is 4.90 Å². The van der Waals surface area contributed by atoms with Crippen LogP contribution in [0.2, 0.25) is 0 Å². The molecule has 0 bridgehead atoms. The second-order valence-electron chi connectivity index (χ2n) is 3.52. The van der Waals surface area contributed by atoms with E-state index in [1.54, 1.807) is 23.1 Å². The monoisotopic (exact) mass is 252 g/mol. The Bertz CT molecular complexity index is 452.